The minimum absolute atomic E-state index is 0.0134. The predicted molar refractivity (Wildman–Crippen MR) is 116 cm³/mol. The summed E-state index contributed by atoms with van der Waals surface area (Å²) in [5.74, 6) is -0.151. The van der Waals surface area contributed by atoms with Gasteiger partial charge in [0.15, 0.2) is 0 Å². The summed E-state index contributed by atoms with van der Waals surface area (Å²) >= 11 is 2.61. The van der Waals surface area contributed by atoms with Gasteiger partial charge in [-0.25, -0.2) is 0 Å². The van der Waals surface area contributed by atoms with Gasteiger partial charge in [-0.15, -0.1) is 22.7 Å². The first-order valence-electron chi connectivity index (χ1n) is 8.65. The third-order valence-corrected chi connectivity index (χ3v) is 6.35. The van der Waals surface area contributed by atoms with E-state index in [0.29, 0.717) is 20.9 Å². The van der Waals surface area contributed by atoms with Crippen molar-refractivity contribution in [3.8, 4) is 22.3 Å². The summed E-state index contributed by atoms with van der Waals surface area (Å²) in [5, 5.41) is 25.4. The lowest BCUT2D eigenvalue weighted by molar-refractivity contribution is -0.385. The standard InChI is InChI=1S/C21H12N2O5S2/c24-19(20-17(9-11-29-20)13-1-5-15(6-2-13)22(25)26)21-18(10-12-30-21)14-3-7-16(8-4-14)23(27)28/h1-12H. The number of hydrogen-bond donors (Lipinski definition) is 0. The number of thiophene rings is 2. The maximum Gasteiger partial charge on any atom is 0.269 e. The maximum absolute atomic E-state index is 13.3. The zero-order valence-corrected chi connectivity index (χ0v) is 16.8. The summed E-state index contributed by atoms with van der Waals surface area (Å²) < 4.78 is 0. The molecular weight excluding hydrogens is 424 g/mol. The SMILES string of the molecule is O=C(c1sccc1-c1ccc([N+](=O)[O-])cc1)c1sccc1-c1ccc([N+](=O)[O-])cc1. The summed E-state index contributed by atoms with van der Waals surface area (Å²) in [7, 11) is 0. The van der Waals surface area contributed by atoms with Gasteiger partial charge in [-0.1, -0.05) is 0 Å². The average Bonchev–Trinajstić information content (AvgIpc) is 3.43. The summed E-state index contributed by atoms with van der Waals surface area (Å²) in [6, 6.07) is 15.8. The molecule has 9 heteroatoms. The van der Waals surface area contributed by atoms with E-state index < -0.39 is 9.85 Å². The van der Waals surface area contributed by atoms with E-state index >= 15 is 0 Å². The minimum atomic E-state index is -0.467. The van der Waals surface area contributed by atoms with Gasteiger partial charge in [-0.05, 0) is 58.3 Å². The lowest BCUT2D eigenvalue weighted by Gasteiger charge is -2.06. The van der Waals surface area contributed by atoms with Gasteiger partial charge < -0.3 is 0 Å². The molecule has 0 unspecified atom stereocenters. The fourth-order valence-electron chi connectivity index (χ4n) is 3.05. The van der Waals surface area contributed by atoms with Crippen LogP contribution in [0.3, 0.4) is 0 Å². The zero-order valence-electron chi connectivity index (χ0n) is 15.2. The number of ketones is 1. The lowest BCUT2D eigenvalue weighted by atomic mass is 10.0. The Morgan fingerprint density at radius 2 is 1.00 bits per heavy atom. The Bertz CT molecular complexity index is 1160. The molecule has 4 aromatic rings. The van der Waals surface area contributed by atoms with E-state index in [1.54, 1.807) is 24.3 Å². The molecule has 0 saturated heterocycles. The number of carbonyl (C=O) groups excluding carboxylic acids is 1. The number of benzene rings is 2. The van der Waals surface area contributed by atoms with Crippen molar-refractivity contribution in [3.63, 3.8) is 0 Å². The van der Waals surface area contributed by atoms with Gasteiger partial charge in [0.1, 0.15) is 0 Å². The van der Waals surface area contributed by atoms with Gasteiger partial charge in [-0.2, -0.15) is 0 Å². The highest BCUT2D eigenvalue weighted by atomic mass is 32.1. The number of carbonyl (C=O) groups is 1. The number of nitro groups is 2. The first-order valence-corrected chi connectivity index (χ1v) is 10.4. The normalized spacial score (nSPS) is 10.7. The Morgan fingerprint density at radius 1 is 0.633 bits per heavy atom. The van der Waals surface area contributed by atoms with E-state index in [1.165, 1.54) is 46.9 Å². The van der Waals surface area contributed by atoms with Gasteiger partial charge in [0.05, 0.1) is 19.6 Å². The van der Waals surface area contributed by atoms with Crippen molar-refractivity contribution in [2.75, 3.05) is 0 Å². The number of rotatable bonds is 6. The van der Waals surface area contributed by atoms with Crippen molar-refractivity contribution < 1.29 is 14.6 Å². The Labute approximate surface area is 178 Å². The van der Waals surface area contributed by atoms with E-state index in [-0.39, 0.29) is 17.2 Å². The maximum atomic E-state index is 13.3. The van der Waals surface area contributed by atoms with Crippen LogP contribution in [0.2, 0.25) is 0 Å². The molecular formula is C21H12N2O5S2. The van der Waals surface area contributed by atoms with Crippen LogP contribution in [0.4, 0.5) is 11.4 Å². The second-order valence-electron chi connectivity index (χ2n) is 6.26. The van der Waals surface area contributed by atoms with E-state index in [2.05, 4.69) is 0 Å². The van der Waals surface area contributed by atoms with Crippen molar-refractivity contribution >= 4 is 39.8 Å². The molecule has 0 aliphatic rings. The Hall–Kier alpha value is -3.69. The quantitative estimate of drug-likeness (QED) is 0.204. The second-order valence-corrected chi connectivity index (χ2v) is 8.10. The highest BCUT2D eigenvalue weighted by molar-refractivity contribution is 7.16. The monoisotopic (exact) mass is 436 g/mol. The largest absolute Gasteiger partial charge is 0.287 e. The predicted octanol–water partition coefficient (Wildman–Crippen LogP) is 6.19. The highest BCUT2D eigenvalue weighted by Crippen LogP contribution is 2.36. The van der Waals surface area contributed by atoms with Crippen molar-refractivity contribution in [1.29, 1.82) is 0 Å². The zero-order chi connectivity index (χ0) is 21.3. The molecule has 4 rings (SSSR count). The second kappa shape index (κ2) is 7.97. The van der Waals surface area contributed by atoms with Crippen molar-refractivity contribution in [3.05, 3.63) is 101 Å². The van der Waals surface area contributed by atoms with Crippen molar-refractivity contribution in [2.45, 2.75) is 0 Å². The molecule has 0 amide bonds. The number of nitrogens with zero attached hydrogens (tertiary/aromatic N) is 2. The van der Waals surface area contributed by atoms with Crippen molar-refractivity contribution in [1.82, 2.24) is 0 Å². The van der Waals surface area contributed by atoms with Crippen LogP contribution in [0.15, 0.2) is 71.4 Å². The third-order valence-electron chi connectivity index (χ3n) is 4.52. The van der Waals surface area contributed by atoms with E-state index in [9.17, 15) is 25.0 Å². The molecule has 0 fully saturated rings. The molecule has 30 heavy (non-hydrogen) atoms. The van der Waals surface area contributed by atoms with Crippen LogP contribution in [0.5, 0.6) is 0 Å². The van der Waals surface area contributed by atoms with Crippen molar-refractivity contribution in [2.24, 2.45) is 0 Å². The van der Waals surface area contributed by atoms with Crippen LogP contribution in [0, 0.1) is 20.2 Å². The lowest BCUT2D eigenvalue weighted by Crippen LogP contribution is -2.00. The molecule has 2 aromatic heterocycles. The van der Waals surface area contributed by atoms with Gasteiger partial charge in [0.2, 0.25) is 5.78 Å². The number of non-ortho nitro benzene ring substituents is 2. The minimum Gasteiger partial charge on any atom is -0.287 e. The highest BCUT2D eigenvalue weighted by Gasteiger charge is 2.22. The van der Waals surface area contributed by atoms with Gasteiger partial charge in [0.25, 0.3) is 11.4 Å². The number of hydrogen-bond acceptors (Lipinski definition) is 7. The fraction of sp³-hybridized carbons (Fsp3) is 0. The van der Waals surface area contributed by atoms with Crippen LogP contribution >= 0.6 is 22.7 Å². The summed E-state index contributed by atoms with van der Waals surface area (Å²) in [6.45, 7) is 0. The Kier molecular flexibility index (Phi) is 5.21. The topological polar surface area (TPSA) is 103 Å². The molecule has 0 bridgehead atoms. The molecule has 0 spiro atoms. The summed E-state index contributed by atoms with van der Waals surface area (Å²) in [5.41, 5.74) is 2.84. The molecule has 7 nitrogen and oxygen atoms in total. The Balaban J connectivity index is 1.69. The molecule has 0 saturated carbocycles. The molecule has 2 heterocycles. The van der Waals surface area contributed by atoms with Crippen LogP contribution in [-0.4, -0.2) is 15.6 Å². The van der Waals surface area contributed by atoms with Crippen LogP contribution in [-0.2, 0) is 0 Å². The van der Waals surface area contributed by atoms with E-state index in [0.717, 1.165) is 11.1 Å². The third kappa shape index (κ3) is 3.63. The smallest absolute Gasteiger partial charge is 0.269 e. The first kappa shape index (κ1) is 19.6. The van der Waals surface area contributed by atoms with E-state index in [1.807, 2.05) is 22.9 Å². The molecule has 0 radical (unpaired) electrons. The fourth-order valence-corrected chi connectivity index (χ4v) is 4.84. The molecule has 0 aliphatic carbocycles. The molecule has 0 N–H and O–H groups in total. The van der Waals surface area contributed by atoms with Gasteiger partial charge in [0, 0.05) is 35.4 Å². The first-order chi connectivity index (χ1) is 14.5. The van der Waals surface area contributed by atoms with Crippen LogP contribution in [0.1, 0.15) is 14.5 Å². The molecule has 0 atom stereocenters. The molecule has 0 aliphatic heterocycles. The molecule has 2 aromatic carbocycles. The summed E-state index contributed by atoms with van der Waals surface area (Å²) in [4.78, 5) is 35.2. The van der Waals surface area contributed by atoms with Gasteiger partial charge >= 0.3 is 0 Å². The molecule has 148 valence electrons. The summed E-state index contributed by atoms with van der Waals surface area (Å²) in [6.07, 6.45) is 0. The number of nitro benzene ring substituents is 2. The van der Waals surface area contributed by atoms with E-state index in [4.69, 9.17) is 0 Å². The van der Waals surface area contributed by atoms with Crippen LogP contribution < -0.4 is 0 Å². The van der Waals surface area contributed by atoms with Gasteiger partial charge in [-0.3, -0.25) is 25.0 Å². The van der Waals surface area contributed by atoms with Crippen LogP contribution in [0.25, 0.3) is 22.3 Å². The Morgan fingerprint density at radius 3 is 1.33 bits per heavy atom. The average molecular weight is 436 g/mol.